The summed E-state index contributed by atoms with van der Waals surface area (Å²) in [6.07, 6.45) is 47.4. The molecule has 0 amide bonds. The fourth-order valence-electron chi connectivity index (χ4n) is 5.79. The molecule has 0 heterocycles. The van der Waals surface area contributed by atoms with Crippen molar-refractivity contribution in [2.24, 2.45) is 0 Å². The summed E-state index contributed by atoms with van der Waals surface area (Å²) in [4.78, 5) is 12.3. The minimum Gasteiger partial charge on any atom is -0.455 e. The lowest BCUT2D eigenvalue weighted by molar-refractivity contribution is -0.480. The molecule has 0 atom stereocenters. The summed E-state index contributed by atoms with van der Waals surface area (Å²) in [5.74, 6) is -0.0645. The van der Waals surface area contributed by atoms with Crippen LogP contribution in [0.4, 0.5) is 0 Å². The summed E-state index contributed by atoms with van der Waals surface area (Å²) < 4.78 is 7.68. The maximum Gasteiger partial charge on any atom is 0.306 e. The Hall–Kier alpha value is -1.09. The topological polar surface area (TPSA) is 29.3 Å². The first-order chi connectivity index (χ1) is 22.2. The predicted molar refractivity (Wildman–Crippen MR) is 201 cm³/mol. The number of hydrogen-bond acceptors (Lipinski definition) is 2. The number of esters is 1. The highest BCUT2D eigenvalue weighted by atomic mass is 35.5. The lowest BCUT2D eigenvalue weighted by atomic mass is 10.1. The number of hydrogen-bond donors (Lipinski definition) is 0. The number of nitrogens with zero attached hydrogens (tertiary/aromatic N) is 1. The average Bonchev–Trinajstić information content (AvgIpc) is 3.05. The van der Waals surface area contributed by atoms with E-state index in [0.29, 0.717) is 19.0 Å². The normalized spacial score (nSPS) is 12.4. The van der Waals surface area contributed by atoms with Gasteiger partial charge >= 0.3 is 5.97 Å². The molecule has 0 aliphatic heterocycles. The van der Waals surface area contributed by atoms with Crippen molar-refractivity contribution >= 4 is 23.3 Å². The number of unbranched alkanes of at least 4 members (excludes halogenated alkanes) is 24. The minimum absolute atomic E-state index is 0.0645. The van der Waals surface area contributed by atoms with Crippen LogP contribution in [0.1, 0.15) is 206 Å². The second-order valence-electron chi connectivity index (χ2n) is 13.4. The first-order valence-corrected chi connectivity index (χ1v) is 20.3. The molecule has 3 nitrogen and oxygen atoms in total. The highest BCUT2D eigenvalue weighted by Crippen LogP contribution is 2.13. The van der Waals surface area contributed by atoms with E-state index in [0.717, 1.165) is 31.4 Å². The van der Waals surface area contributed by atoms with Crippen molar-refractivity contribution in [1.82, 2.24) is 0 Å². The van der Waals surface area contributed by atoms with Crippen LogP contribution in [0, 0.1) is 0 Å². The van der Waals surface area contributed by atoms with Gasteiger partial charge < -0.3 is 4.74 Å². The third kappa shape index (κ3) is 34.1. The van der Waals surface area contributed by atoms with Gasteiger partial charge in [-0.25, -0.2) is 4.58 Å². The van der Waals surface area contributed by atoms with E-state index < -0.39 is 0 Å². The van der Waals surface area contributed by atoms with Gasteiger partial charge in [-0.15, -0.1) is 0 Å². The average molecular weight is 652 g/mol. The number of allylic oxidation sites excluding steroid dienone is 4. The molecule has 0 N–H and O–H groups in total. The maximum absolute atomic E-state index is 12.3. The Morgan fingerprint density at radius 2 is 0.844 bits per heavy atom. The van der Waals surface area contributed by atoms with Crippen molar-refractivity contribution in [3.8, 4) is 0 Å². The third-order valence-electron chi connectivity index (χ3n) is 8.99. The van der Waals surface area contributed by atoms with Crippen LogP contribution in [-0.2, 0) is 9.53 Å². The smallest absolute Gasteiger partial charge is 0.306 e. The molecule has 0 fully saturated rings. The minimum atomic E-state index is -0.0645. The van der Waals surface area contributed by atoms with E-state index in [1.54, 1.807) is 0 Å². The molecule has 264 valence electrons. The van der Waals surface area contributed by atoms with Crippen LogP contribution in [0.15, 0.2) is 24.3 Å². The molecule has 0 aromatic rings. The van der Waals surface area contributed by atoms with Crippen molar-refractivity contribution in [3.05, 3.63) is 24.3 Å². The summed E-state index contributed by atoms with van der Waals surface area (Å²) in [5, 5.41) is 0. The molecule has 0 spiro atoms. The summed E-state index contributed by atoms with van der Waals surface area (Å²) >= 11 is 6.11. The zero-order valence-electron chi connectivity index (χ0n) is 30.6. The molecule has 0 unspecified atom stereocenters. The first kappa shape index (κ1) is 43.9. The predicted octanol–water partition coefficient (Wildman–Crippen LogP) is 13.7. The van der Waals surface area contributed by atoms with Crippen LogP contribution < -0.4 is 0 Å². The van der Waals surface area contributed by atoms with E-state index in [2.05, 4.69) is 38.2 Å². The van der Waals surface area contributed by atoms with E-state index in [9.17, 15) is 4.79 Å². The quantitative estimate of drug-likeness (QED) is 0.0130. The Morgan fingerprint density at radius 1 is 0.511 bits per heavy atom. The summed E-state index contributed by atoms with van der Waals surface area (Å²) in [5.41, 5.74) is 1.15. The van der Waals surface area contributed by atoms with E-state index in [1.807, 2.05) is 11.6 Å². The number of alkyl halides is 1. The van der Waals surface area contributed by atoms with E-state index in [1.165, 1.54) is 161 Å². The molecule has 0 aliphatic rings. The van der Waals surface area contributed by atoms with Crippen LogP contribution in [0.2, 0.25) is 0 Å². The molecule has 0 rings (SSSR count). The van der Waals surface area contributed by atoms with Gasteiger partial charge in [-0.1, -0.05) is 165 Å². The van der Waals surface area contributed by atoms with Gasteiger partial charge in [0.1, 0.15) is 7.05 Å². The Balaban J connectivity index is 3.69. The molecule has 4 heteroatoms. The second kappa shape index (κ2) is 37.4. The van der Waals surface area contributed by atoms with Crippen molar-refractivity contribution in [2.75, 3.05) is 19.7 Å². The molecule has 0 aliphatic carbocycles. The lowest BCUT2D eigenvalue weighted by Gasteiger charge is -2.08. The first-order valence-electron chi connectivity index (χ1n) is 19.7. The Kier molecular flexibility index (Phi) is 36.5. The number of carbonyl (C=O) groups is 1. The van der Waals surface area contributed by atoms with E-state index >= 15 is 0 Å². The third-order valence-corrected chi connectivity index (χ3v) is 9.35. The van der Waals surface area contributed by atoms with Gasteiger partial charge in [0, 0.05) is 12.8 Å². The molecule has 0 saturated heterocycles. The van der Waals surface area contributed by atoms with Crippen LogP contribution in [0.25, 0.3) is 0 Å². The van der Waals surface area contributed by atoms with E-state index in [-0.39, 0.29) is 5.97 Å². The number of ether oxygens (including phenoxy) is 1. The molecular weight excluding hydrogens is 574 g/mol. The monoisotopic (exact) mass is 651 g/mol. The number of carbonyl (C=O) groups excluding carboxylic acids is 1. The van der Waals surface area contributed by atoms with Gasteiger partial charge in [-0.2, -0.15) is 0 Å². The molecule has 0 radical (unpaired) electrons. The van der Waals surface area contributed by atoms with Gasteiger partial charge in [-0.3, -0.25) is 4.79 Å². The van der Waals surface area contributed by atoms with Crippen molar-refractivity contribution in [3.63, 3.8) is 0 Å². The Bertz CT molecular complexity index is 714. The molecule has 45 heavy (non-hydrogen) atoms. The van der Waals surface area contributed by atoms with Gasteiger partial charge in [-0.05, 0) is 64.2 Å². The largest absolute Gasteiger partial charge is 0.455 e. The van der Waals surface area contributed by atoms with Gasteiger partial charge in [0.25, 0.3) is 0 Å². The number of halogens is 1. The zero-order valence-corrected chi connectivity index (χ0v) is 31.3. The lowest BCUT2D eigenvalue weighted by Crippen LogP contribution is -2.23. The molecular formula is C41H77ClNO2+. The maximum atomic E-state index is 12.3. The van der Waals surface area contributed by atoms with Crippen LogP contribution >= 0.6 is 11.6 Å². The van der Waals surface area contributed by atoms with Crippen LogP contribution in [-0.4, -0.2) is 35.9 Å². The van der Waals surface area contributed by atoms with Crippen LogP contribution in [0.3, 0.4) is 0 Å². The van der Waals surface area contributed by atoms with Gasteiger partial charge in [0.2, 0.25) is 6.00 Å². The SMILES string of the molecule is CCCCCCCC/C=C\CCCCCCCCC/C(COC(=O)CCCCCCC/C=C\CCCCCCCC)=[N+](\C)CCl. The molecule has 0 bridgehead atoms. The zero-order chi connectivity index (χ0) is 32.9. The second-order valence-corrected chi connectivity index (χ2v) is 13.7. The molecule has 0 aromatic heterocycles. The fourth-order valence-corrected chi connectivity index (χ4v) is 5.96. The summed E-state index contributed by atoms with van der Waals surface area (Å²) in [7, 11) is 2.00. The van der Waals surface area contributed by atoms with Crippen molar-refractivity contribution < 1.29 is 14.1 Å². The highest BCUT2D eigenvalue weighted by molar-refractivity contribution is 6.17. The summed E-state index contributed by atoms with van der Waals surface area (Å²) in [6, 6.07) is 0.439. The highest BCUT2D eigenvalue weighted by Gasteiger charge is 2.13. The fraction of sp³-hybridized carbons (Fsp3) is 0.854. The van der Waals surface area contributed by atoms with Crippen molar-refractivity contribution in [1.29, 1.82) is 0 Å². The Labute approximate surface area is 287 Å². The molecule has 0 aromatic carbocycles. The van der Waals surface area contributed by atoms with Crippen molar-refractivity contribution in [2.45, 2.75) is 206 Å². The van der Waals surface area contributed by atoms with Gasteiger partial charge in [0.15, 0.2) is 12.3 Å². The summed E-state index contributed by atoms with van der Waals surface area (Å²) in [6.45, 7) is 4.94. The van der Waals surface area contributed by atoms with Gasteiger partial charge in [0.05, 0.1) is 0 Å². The number of rotatable bonds is 35. The standard InChI is InChI=1S/C41H77ClNO2/c1-4-6-8-10-12-14-16-18-20-21-23-24-26-28-30-32-34-36-40(43(3)39-42)38-45-41(44)37-35-33-31-29-27-25-22-19-17-15-13-11-9-7-5-2/h18-20,22H,4-17,21,23-39H2,1-3H3/q+1/b20-18-,22-19-,43-40-. The van der Waals surface area contributed by atoms with Crippen LogP contribution in [0.5, 0.6) is 0 Å². The molecule has 0 saturated carbocycles. The Morgan fingerprint density at radius 3 is 1.22 bits per heavy atom. The van der Waals surface area contributed by atoms with E-state index in [4.69, 9.17) is 16.3 Å².